The Morgan fingerprint density at radius 2 is 1.87 bits per heavy atom. The van der Waals surface area contributed by atoms with Crippen molar-refractivity contribution in [2.75, 3.05) is 6.61 Å². The molecule has 0 saturated heterocycles. The molecule has 0 aromatic rings. The van der Waals surface area contributed by atoms with Crippen LogP contribution in [0.4, 0.5) is 4.79 Å². The summed E-state index contributed by atoms with van der Waals surface area (Å²) in [6.45, 7) is 5.38. The highest BCUT2D eigenvalue weighted by atomic mass is 16.3. The van der Waals surface area contributed by atoms with Gasteiger partial charge in [-0.3, -0.25) is 10.1 Å². The minimum atomic E-state index is -0.864. The van der Waals surface area contributed by atoms with E-state index in [9.17, 15) is 9.59 Å². The molecular formula is C9H19N3O3. The fraction of sp³-hybridized carbons (Fsp3) is 0.778. The van der Waals surface area contributed by atoms with Crippen LogP contribution in [0.2, 0.25) is 0 Å². The number of carbonyl (C=O) groups excluding carboxylic acids is 2. The Bertz CT molecular complexity index is 233. The first kappa shape index (κ1) is 13.9. The predicted octanol–water partition coefficient (Wildman–Crippen LogP) is -0.824. The lowest BCUT2D eigenvalue weighted by Gasteiger charge is -2.22. The van der Waals surface area contributed by atoms with Crippen LogP contribution in [0.25, 0.3) is 0 Å². The Morgan fingerprint density at radius 3 is 2.27 bits per heavy atom. The molecular weight excluding hydrogens is 198 g/mol. The van der Waals surface area contributed by atoms with Crippen molar-refractivity contribution in [3.63, 3.8) is 0 Å². The van der Waals surface area contributed by atoms with Crippen LogP contribution in [0.15, 0.2) is 0 Å². The number of rotatable bonds is 5. The summed E-state index contributed by atoms with van der Waals surface area (Å²) in [7, 11) is 0. The molecule has 6 heteroatoms. The van der Waals surface area contributed by atoms with Crippen molar-refractivity contribution in [1.82, 2.24) is 10.6 Å². The molecule has 3 unspecified atom stereocenters. The molecule has 0 radical (unpaired) electrons. The fourth-order valence-electron chi connectivity index (χ4n) is 1.02. The van der Waals surface area contributed by atoms with Gasteiger partial charge in [-0.05, 0) is 19.8 Å². The summed E-state index contributed by atoms with van der Waals surface area (Å²) < 4.78 is 0. The standard InChI is InChI=1S/C9H19N3O3/c1-5(4-13)6(2)11-7(3)8(14)12-9(10)15/h5-7,11,13H,4H2,1-3H3,(H3,10,12,14,15). The number of amides is 3. The molecule has 3 amide bonds. The molecule has 0 aliphatic heterocycles. The van der Waals surface area contributed by atoms with Crippen LogP contribution in [-0.2, 0) is 4.79 Å². The van der Waals surface area contributed by atoms with Crippen molar-refractivity contribution in [3.05, 3.63) is 0 Å². The van der Waals surface area contributed by atoms with Gasteiger partial charge in [0.1, 0.15) is 0 Å². The van der Waals surface area contributed by atoms with Crippen molar-refractivity contribution in [3.8, 4) is 0 Å². The number of aliphatic hydroxyl groups excluding tert-OH is 1. The Kier molecular flexibility index (Phi) is 5.88. The van der Waals surface area contributed by atoms with Crippen LogP contribution < -0.4 is 16.4 Å². The van der Waals surface area contributed by atoms with Crippen LogP contribution in [0.5, 0.6) is 0 Å². The Labute approximate surface area is 89.2 Å². The van der Waals surface area contributed by atoms with Gasteiger partial charge >= 0.3 is 6.03 Å². The van der Waals surface area contributed by atoms with Gasteiger partial charge in [0, 0.05) is 12.6 Å². The van der Waals surface area contributed by atoms with E-state index in [4.69, 9.17) is 10.8 Å². The molecule has 15 heavy (non-hydrogen) atoms. The minimum Gasteiger partial charge on any atom is -0.396 e. The van der Waals surface area contributed by atoms with Gasteiger partial charge in [-0.1, -0.05) is 6.92 Å². The summed E-state index contributed by atoms with van der Waals surface area (Å²) in [6, 6.07) is -1.42. The van der Waals surface area contributed by atoms with Crippen molar-refractivity contribution in [1.29, 1.82) is 0 Å². The average molecular weight is 217 g/mol. The highest BCUT2D eigenvalue weighted by molar-refractivity contribution is 5.96. The second kappa shape index (κ2) is 6.36. The second-order valence-electron chi connectivity index (χ2n) is 3.69. The quantitative estimate of drug-likeness (QED) is 0.482. The van der Waals surface area contributed by atoms with Gasteiger partial charge in [-0.15, -0.1) is 0 Å². The lowest BCUT2D eigenvalue weighted by molar-refractivity contribution is -0.121. The number of hydrogen-bond acceptors (Lipinski definition) is 4. The van der Waals surface area contributed by atoms with E-state index < -0.39 is 18.0 Å². The van der Waals surface area contributed by atoms with E-state index in [-0.39, 0.29) is 18.6 Å². The molecule has 3 atom stereocenters. The lowest BCUT2D eigenvalue weighted by Crippen LogP contribution is -2.50. The number of aliphatic hydroxyl groups is 1. The molecule has 88 valence electrons. The van der Waals surface area contributed by atoms with Crippen molar-refractivity contribution in [2.45, 2.75) is 32.9 Å². The SMILES string of the molecule is CC(NC(C)C(C)CO)C(=O)NC(N)=O. The third kappa shape index (κ3) is 5.34. The molecule has 0 aromatic heterocycles. The molecule has 5 N–H and O–H groups in total. The van der Waals surface area contributed by atoms with E-state index >= 15 is 0 Å². The number of nitrogens with two attached hydrogens (primary N) is 1. The third-order valence-corrected chi connectivity index (χ3v) is 2.29. The van der Waals surface area contributed by atoms with Crippen LogP contribution in [0.1, 0.15) is 20.8 Å². The monoisotopic (exact) mass is 217 g/mol. The van der Waals surface area contributed by atoms with E-state index in [1.54, 1.807) is 6.92 Å². The van der Waals surface area contributed by atoms with Gasteiger partial charge in [0.05, 0.1) is 6.04 Å². The normalized spacial score (nSPS) is 16.5. The summed E-state index contributed by atoms with van der Waals surface area (Å²) in [5.74, 6) is -0.437. The van der Waals surface area contributed by atoms with Crippen molar-refractivity contribution >= 4 is 11.9 Å². The summed E-state index contributed by atoms with van der Waals surface area (Å²) in [6.07, 6.45) is 0. The summed E-state index contributed by atoms with van der Waals surface area (Å²) in [5.41, 5.74) is 4.81. The van der Waals surface area contributed by atoms with Gasteiger partial charge in [0.2, 0.25) is 5.91 Å². The molecule has 0 spiro atoms. The maximum absolute atomic E-state index is 11.3. The Balaban J connectivity index is 4.06. The number of nitrogens with one attached hydrogen (secondary N) is 2. The summed E-state index contributed by atoms with van der Waals surface area (Å²) in [4.78, 5) is 21.7. The largest absolute Gasteiger partial charge is 0.396 e. The summed E-state index contributed by atoms with van der Waals surface area (Å²) in [5, 5.41) is 13.8. The fourth-order valence-corrected chi connectivity index (χ4v) is 1.02. The van der Waals surface area contributed by atoms with E-state index in [0.717, 1.165) is 0 Å². The number of primary amides is 1. The van der Waals surface area contributed by atoms with Gasteiger partial charge in [0.15, 0.2) is 0 Å². The number of hydrogen-bond donors (Lipinski definition) is 4. The third-order valence-electron chi connectivity index (χ3n) is 2.29. The van der Waals surface area contributed by atoms with Crippen molar-refractivity contribution in [2.24, 2.45) is 11.7 Å². The first-order chi connectivity index (χ1) is 6.88. The smallest absolute Gasteiger partial charge is 0.318 e. The molecule has 0 saturated carbocycles. The zero-order valence-corrected chi connectivity index (χ0v) is 9.28. The zero-order valence-electron chi connectivity index (χ0n) is 9.28. The molecule has 0 heterocycles. The molecule has 0 aliphatic rings. The van der Waals surface area contributed by atoms with Gasteiger partial charge in [0.25, 0.3) is 0 Å². The first-order valence-corrected chi connectivity index (χ1v) is 4.85. The van der Waals surface area contributed by atoms with E-state index in [1.165, 1.54) is 0 Å². The zero-order chi connectivity index (χ0) is 12.0. The van der Waals surface area contributed by atoms with Crippen LogP contribution in [0, 0.1) is 5.92 Å². The van der Waals surface area contributed by atoms with E-state index in [2.05, 4.69) is 5.32 Å². The van der Waals surface area contributed by atoms with Gasteiger partial charge in [-0.2, -0.15) is 0 Å². The van der Waals surface area contributed by atoms with E-state index in [1.807, 2.05) is 19.2 Å². The summed E-state index contributed by atoms with van der Waals surface area (Å²) >= 11 is 0. The molecule has 0 bridgehead atoms. The maximum Gasteiger partial charge on any atom is 0.318 e. The topological polar surface area (TPSA) is 104 Å². The molecule has 0 aliphatic carbocycles. The first-order valence-electron chi connectivity index (χ1n) is 4.85. The highest BCUT2D eigenvalue weighted by Gasteiger charge is 2.19. The van der Waals surface area contributed by atoms with Crippen LogP contribution in [0.3, 0.4) is 0 Å². The van der Waals surface area contributed by atoms with E-state index in [0.29, 0.717) is 0 Å². The molecule has 0 aromatic carbocycles. The van der Waals surface area contributed by atoms with Gasteiger partial charge in [-0.25, -0.2) is 4.79 Å². The van der Waals surface area contributed by atoms with Crippen LogP contribution in [-0.4, -0.2) is 35.7 Å². The number of urea groups is 1. The Morgan fingerprint density at radius 1 is 1.33 bits per heavy atom. The number of imide groups is 1. The maximum atomic E-state index is 11.3. The number of carbonyl (C=O) groups is 2. The minimum absolute atomic E-state index is 0.0244. The average Bonchev–Trinajstić information content (AvgIpc) is 2.15. The predicted molar refractivity (Wildman–Crippen MR) is 56.0 cm³/mol. The molecule has 0 rings (SSSR count). The highest BCUT2D eigenvalue weighted by Crippen LogP contribution is 2.01. The molecule has 0 fully saturated rings. The van der Waals surface area contributed by atoms with Gasteiger partial charge < -0.3 is 16.2 Å². The lowest BCUT2D eigenvalue weighted by atomic mass is 10.0. The molecule has 6 nitrogen and oxygen atoms in total. The second-order valence-corrected chi connectivity index (χ2v) is 3.69. The van der Waals surface area contributed by atoms with Crippen molar-refractivity contribution < 1.29 is 14.7 Å². The Hall–Kier alpha value is -1.14. The van der Waals surface area contributed by atoms with Crippen LogP contribution >= 0.6 is 0 Å².